The number of guanidine groups is 1. The average Bonchev–Trinajstić information content (AvgIpc) is 2.61. The van der Waals surface area contributed by atoms with E-state index in [2.05, 4.69) is 41.1 Å². The molecule has 0 saturated carbocycles. The van der Waals surface area contributed by atoms with E-state index in [0.717, 1.165) is 31.6 Å². The van der Waals surface area contributed by atoms with Crippen LogP contribution in [0.3, 0.4) is 0 Å². The Bertz CT molecular complexity index is 681. The third kappa shape index (κ3) is 4.66. The standard InChI is InChI=1S/C18H28N6O2/c1-5-17(25)21-13-10-14(22-18(19)20)16(26-4)11-15(13)24-8-6-12(7-9-24)23(2)3/h5,10-12H,1,6-9H2,2-4H3,(H,21,25)(H4,19,20,22). The lowest BCUT2D eigenvalue weighted by molar-refractivity contribution is -0.111. The number of anilines is 3. The fourth-order valence-electron chi connectivity index (χ4n) is 3.15. The molecule has 0 radical (unpaired) electrons. The third-order valence-electron chi connectivity index (χ3n) is 4.57. The molecule has 1 aromatic carbocycles. The predicted molar refractivity (Wildman–Crippen MR) is 106 cm³/mol. The van der Waals surface area contributed by atoms with Crippen molar-refractivity contribution >= 4 is 28.9 Å². The second-order valence-corrected chi connectivity index (χ2v) is 6.48. The predicted octanol–water partition coefficient (Wildman–Crippen LogP) is 1.66. The molecule has 0 atom stereocenters. The molecule has 1 fully saturated rings. The Balaban J connectivity index is 2.37. The van der Waals surface area contributed by atoms with Gasteiger partial charge in [0.25, 0.3) is 0 Å². The van der Waals surface area contributed by atoms with Gasteiger partial charge in [0.15, 0.2) is 5.96 Å². The van der Waals surface area contributed by atoms with Crippen LogP contribution in [-0.4, -0.2) is 57.1 Å². The quantitative estimate of drug-likeness (QED) is 0.349. The Morgan fingerprint density at radius 3 is 2.50 bits per heavy atom. The third-order valence-corrected chi connectivity index (χ3v) is 4.57. The molecule has 0 bridgehead atoms. The van der Waals surface area contributed by atoms with E-state index in [4.69, 9.17) is 15.9 Å². The number of rotatable bonds is 6. The lowest BCUT2D eigenvalue weighted by atomic mass is 10.0. The number of hydrogen-bond donors (Lipinski definition) is 4. The number of methoxy groups -OCH3 is 1. The molecule has 1 amide bonds. The molecule has 0 aromatic heterocycles. The van der Waals surface area contributed by atoms with Gasteiger partial charge in [0, 0.05) is 25.2 Å². The highest BCUT2D eigenvalue weighted by molar-refractivity contribution is 6.03. The van der Waals surface area contributed by atoms with Crippen LogP contribution >= 0.6 is 0 Å². The van der Waals surface area contributed by atoms with Gasteiger partial charge in [-0.2, -0.15) is 0 Å². The van der Waals surface area contributed by atoms with Crippen LogP contribution in [-0.2, 0) is 4.79 Å². The highest BCUT2D eigenvalue weighted by Crippen LogP contribution is 2.38. The molecular formula is C18H28N6O2. The number of nitrogens with one attached hydrogen (secondary N) is 3. The second kappa shape index (κ2) is 8.57. The van der Waals surface area contributed by atoms with E-state index in [0.29, 0.717) is 23.2 Å². The van der Waals surface area contributed by atoms with Gasteiger partial charge in [0.1, 0.15) is 5.75 Å². The number of hydrogen-bond acceptors (Lipinski definition) is 5. The van der Waals surface area contributed by atoms with Gasteiger partial charge < -0.3 is 30.9 Å². The van der Waals surface area contributed by atoms with Crippen LogP contribution < -0.4 is 26.0 Å². The summed E-state index contributed by atoms with van der Waals surface area (Å²) in [5, 5.41) is 13.0. The normalized spacial score (nSPS) is 14.8. The largest absolute Gasteiger partial charge is 0.494 e. The molecule has 0 unspecified atom stereocenters. The van der Waals surface area contributed by atoms with E-state index in [1.54, 1.807) is 13.2 Å². The Hall–Kier alpha value is -2.74. The van der Waals surface area contributed by atoms with Crippen LogP contribution in [0.25, 0.3) is 0 Å². The van der Waals surface area contributed by atoms with Gasteiger partial charge >= 0.3 is 0 Å². The number of nitrogens with two attached hydrogens (primary N) is 1. The summed E-state index contributed by atoms with van der Waals surface area (Å²) in [5.41, 5.74) is 7.47. The first kappa shape index (κ1) is 19.6. The van der Waals surface area contributed by atoms with Gasteiger partial charge in [0.05, 0.1) is 24.2 Å². The van der Waals surface area contributed by atoms with Crippen molar-refractivity contribution < 1.29 is 9.53 Å². The molecule has 1 aliphatic heterocycles. The molecule has 1 saturated heterocycles. The molecule has 1 aromatic rings. The molecule has 5 N–H and O–H groups in total. The number of benzene rings is 1. The number of ether oxygens (including phenoxy) is 1. The summed E-state index contributed by atoms with van der Waals surface area (Å²) >= 11 is 0. The van der Waals surface area contributed by atoms with Gasteiger partial charge in [-0.1, -0.05) is 6.58 Å². The maximum absolute atomic E-state index is 11.9. The Labute approximate surface area is 154 Å². The van der Waals surface area contributed by atoms with E-state index in [1.807, 2.05) is 6.07 Å². The number of nitrogens with zero attached hydrogens (tertiary/aromatic N) is 2. The van der Waals surface area contributed by atoms with Crippen molar-refractivity contribution in [2.75, 3.05) is 49.8 Å². The number of carbonyl (C=O) groups is 1. The first-order valence-electron chi connectivity index (χ1n) is 8.53. The summed E-state index contributed by atoms with van der Waals surface area (Å²) in [6, 6.07) is 4.15. The number of carbonyl (C=O) groups excluding carboxylic acids is 1. The number of amides is 1. The van der Waals surface area contributed by atoms with Crippen LogP contribution in [0.5, 0.6) is 5.75 Å². The first-order chi connectivity index (χ1) is 12.3. The first-order valence-corrected chi connectivity index (χ1v) is 8.53. The van der Waals surface area contributed by atoms with Crippen molar-refractivity contribution in [3.63, 3.8) is 0 Å². The van der Waals surface area contributed by atoms with Crippen molar-refractivity contribution in [1.82, 2.24) is 4.90 Å². The van der Waals surface area contributed by atoms with Crippen molar-refractivity contribution in [3.05, 3.63) is 24.8 Å². The SMILES string of the molecule is C=CC(=O)Nc1cc(NC(=N)N)c(OC)cc1N1CCC(N(C)C)CC1. The van der Waals surface area contributed by atoms with Crippen molar-refractivity contribution in [3.8, 4) is 5.75 Å². The minimum absolute atomic E-state index is 0.205. The van der Waals surface area contributed by atoms with Crippen LogP contribution in [0.4, 0.5) is 17.1 Å². The summed E-state index contributed by atoms with van der Waals surface area (Å²) in [6.45, 7) is 5.26. The van der Waals surface area contributed by atoms with Gasteiger partial charge in [-0.05, 0) is 39.1 Å². The highest BCUT2D eigenvalue weighted by Gasteiger charge is 2.24. The zero-order valence-electron chi connectivity index (χ0n) is 15.6. The summed E-state index contributed by atoms with van der Waals surface area (Å²) in [7, 11) is 5.76. The smallest absolute Gasteiger partial charge is 0.247 e. The zero-order chi connectivity index (χ0) is 19.3. The maximum Gasteiger partial charge on any atom is 0.247 e. The monoisotopic (exact) mass is 360 g/mol. The van der Waals surface area contributed by atoms with Crippen LogP contribution in [0.15, 0.2) is 24.8 Å². The molecule has 8 heteroatoms. The number of piperidine rings is 1. The zero-order valence-corrected chi connectivity index (χ0v) is 15.6. The van der Waals surface area contributed by atoms with Crippen LogP contribution in [0.2, 0.25) is 0 Å². The van der Waals surface area contributed by atoms with Gasteiger partial charge in [0.2, 0.25) is 5.91 Å². The average molecular weight is 360 g/mol. The molecule has 0 spiro atoms. The summed E-state index contributed by atoms with van der Waals surface area (Å²) < 4.78 is 5.44. The van der Waals surface area contributed by atoms with E-state index in [-0.39, 0.29) is 11.9 Å². The van der Waals surface area contributed by atoms with Crippen molar-refractivity contribution in [2.24, 2.45) is 5.73 Å². The topological polar surface area (TPSA) is 107 Å². The van der Waals surface area contributed by atoms with Crippen LogP contribution in [0.1, 0.15) is 12.8 Å². The van der Waals surface area contributed by atoms with E-state index < -0.39 is 0 Å². The molecule has 26 heavy (non-hydrogen) atoms. The van der Waals surface area contributed by atoms with Crippen LogP contribution in [0, 0.1) is 5.41 Å². The van der Waals surface area contributed by atoms with Gasteiger partial charge in [-0.25, -0.2) is 0 Å². The fraction of sp³-hybridized carbons (Fsp3) is 0.444. The molecule has 0 aliphatic carbocycles. The lowest BCUT2D eigenvalue weighted by Crippen LogP contribution is -2.42. The fourth-order valence-corrected chi connectivity index (χ4v) is 3.15. The molecule has 2 rings (SSSR count). The molecule has 8 nitrogen and oxygen atoms in total. The summed E-state index contributed by atoms with van der Waals surface area (Å²) in [4.78, 5) is 16.4. The maximum atomic E-state index is 11.9. The Morgan fingerprint density at radius 2 is 2.00 bits per heavy atom. The Kier molecular flexibility index (Phi) is 6.46. The van der Waals surface area contributed by atoms with Crippen molar-refractivity contribution in [1.29, 1.82) is 5.41 Å². The van der Waals surface area contributed by atoms with Gasteiger partial charge in [-0.3, -0.25) is 10.2 Å². The molecule has 1 aliphatic rings. The highest BCUT2D eigenvalue weighted by atomic mass is 16.5. The summed E-state index contributed by atoms with van der Waals surface area (Å²) in [5.74, 6) is 0.0544. The molecule has 142 valence electrons. The minimum atomic E-state index is -0.298. The summed E-state index contributed by atoms with van der Waals surface area (Å²) in [6.07, 6.45) is 3.31. The Morgan fingerprint density at radius 1 is 1.35 bits per heavy atom. The van der Waals surface area contributed by atoms with E-state index in [1.165, 1.54) is 6.08 Å². The lowest BCUT2D eigenvalue weighted by Gasteiger charge is -2.37. The minimum Gasteiger partial charge on any atom is -0.494 e. The molecule has 1 heterocycles. The van der Waals surface area contributed by atoms with Gasteiger partial charge in [-0.15, -0.1) is 0 Å². The van der Waals surface area contributed by atoms with E-state index >= 15 is 0 Å². The van der Waals surface area contributed by atoms with E-state index in [9.17, 15) is 4.79 Å². The van der Waals surface area contributed by atoms with Crippen molar-refractivity contribution in [2.45, 2.75) is 18.9 Å². The second-order valence-electron chi connectivity index (χ2n) is 6.48. The molecular weight excluding hydrogens is 332 g/mol.